The number of benzene rings is 2. The Bertz CT molecular complexity index is 946. The van der Waals surface area contributed by atoms with Gasteiger partial charge in [0.25, 0.3) is 0 Å². The van der Waals surface area contributed by atoms with Gasteiger partial charge in [-0.15, -0.1) is 0 Å². The maximum Gasteiger partial charge on any atom is 0.337 e. The molecule has 0 spiro atoms. The summed E-state index contributed by atoms with van der Waals surface area (Å²) in [5, 5.41) is 2.77. The number of carbonyl (C=O) groups is 2. The fourth-order valence-electron chi connectivity index (χ4n) is 2.57. The Kier molecular flexibility index (Phi) is 6.06. The normalized spacial score (nSPS) is 10.4. The Morgan fingerprint density at radius 1 is 1.04 bits per heavy atom. The fraction of sp³-hybridized carbons (Fsp3) is 0.190. The number of carbonyl (C=O) groups excluding carboxylic acids is 2. The molecule has 1 heterocycles. The minimum Gasteiger partial charge on any atom is -0.497 e. The number of aromatic nitrogens is 1. The van der Waals surface area contributed by atoms with Gasteiger partial charge in [0.15, 0.2) is 11.7 Å². The summed E-state index contributed by atoms with van der Waals surface area (Å²) in [5.74, 6) is 1.29. The molecule has 1 N–H and O–H groups in total. The number of oxazole rings is 1. The zero-order chi connectivity index (χ0) is 19.9. The average molecular weight is 380 g/mol. The smallest absolute Gasteiger partial charge is 0.337 e. The number of hydrogen-bond acceptors (Lipinski definition) is 6. The minimum absolute atomic E-state index is 0.171. The highest BCUT2D eigenvalue weighted by Gasteiger charge is 2.10. The molecule has 0 aliphatic heterocycles. The van der Waals surface area contributed by atoms with Crippen molar-refractivity contribution >= 4 is 17.6 Å². The van der Waals surface area contributed by atoms with Gasteiger partial charge < -0.3 is 19.2 Å². The molecule has 144 valence electrons. The molecule has 0 saturated carbocycles. The van der Waals surface area contributed by atoms with E-state index in [9.17, 15) is 9.59 Å². The number of aryl methyl sites for hydroxylation is 1. The fourth-order valence-corrected chi connectivity index (χ4v) is 2.57. The SMILES string of the molecule is COC(=O)c1ccc(NC(=O)CCc2ncc(-c3ccc(OC)cc3)o2)cc1. The lowest BCUT2D eigenvalue weighted by atomic mass is 10.2. The standard InChI is InChI=1S/C21H20N2O5/c1-26-17-9-5-14(6-10-17)18-13-22-20(28-18)12-11-19(24)23-16-7-3-15(4-8-16)21(25)27-2/h3-10,13H,11-12H2,1-2H3,(H,23,24). The first-order chi connectivity index (χ1) is 13.6. The largest absolute Gasteiger partial charge is 0.497 e. The molecule has 0 atom stereocenters. The highest BCUT2D eigenvalue weighted by atomic mass is 16.5. The molecule has 0 aliphatic carbocycles. The third-order valence-corrected chi connectivity index (χ3v) is 4.08. The van der Waals surface area contributed by atoms with Crippen LogP contribution in [0.3, 0.4) is 0 Å². The zero-order valence-electron chi connectivity index (χ0n) is 15.6. The molecule has 1 aromatic heterocycles. The topological polar surface area (TPSA) is 90.7 Å². The van der Waals surface area contributed by atoms with Crippen molar-refractivity contribution in [2.45, 2.75) is 12.8 Å². The lowest BCUT2D eigenvalue weighted by Crippen LogP contribution is -2.12. The monoisotopic (exact) mass is 380 g/mol. The lowest BCUT2D eigenvalue weighted by molar-refractivity contribution is -0.116. The van der Waals surface area contributed by atoms with Gasteiger partial charge in [-0.25, -0.2) is 9.78 Å². The maximum absolute atomic E-state index is 12.1. The highest BCUT2D eigenvalue weighted by molar-refractivity contribution is 5.93. The number of hydrogen-bond donors (Lipinski definition) is 1. The molecule has 7 heteroatoms. The Morgan fingerprint density at radius 3 is 2.39 bits per heavy atom. The number of amides is 1. The molecule has 0 aliphatic rings. The molecule has 0 fully saturated rings. The van der Waals surface area contributed by atoms with E-state index in [0.29, 0.717) is 29.3 Å². The van der Waals surface area contributed by atoms with Crippen LogP contribution in [0.5, 0.6) is 5.75 Å². The van der Waals surface area contributed by atoms with Crippen LogP contribution in [-0.4, -0.2) is 31.1 Å². The molecule has 0 saturated heterocycles. The van der Waals surface area contributed by atoms with E-state index in [4.69, 9.17) is 9.15 Å². The van der Waals surface area contributed by atoms with Crippen LogP contribution >= 0.6 is 0 Å². The van der Waals surface area contributed by atoms with Gasteiger partial charge >= 0.3 is 5.97 Å². The van der Waals surface area contributed by atoms with Gasteiger partial charge in [-0.1, -0.05) is 0 Å². The number of nitrogens with one attached hydrogen (secondary N) is 1. The lowest BCUT2D eigenvalue weighted by Gasteiger charge is -2.05. The van der Waals surface area contributed by atoms with Gasteiger partial charge in [-0.3, -0.25) is 4.79 Å². The van der Waals surface area contributed by atoms with E-state index in [0.717, 1.165) is 11.3 Å². The van der Waals surface area contributed by atoms with Crippen LogP contribution in [0.25, 0.3) is 11.3 Å². The highest BCUT2D eigenvalue weighted by Crippen LogP contribution is 2.23. The van der Waals surface area contributed by atoms with E-state index in [1.165, 1.54) is 7.11 Å². The number of ether oxygens (including phenoxy) is 2. The van der Waals surface area contributed by atoms with Crippen molar-refractivity contribution in [1.82, 2.24) is 4.98 Å². The van der Waals surface area contributed by atoms with Crippen LogP contribution in [0, 0.1) is 0 Å². The Morgan fingerprint density at radius 2 is 1.75 bits per heavy atom. The van der Waals surface area contributed by atoms with Crippen molar-refractivity contribution < 1.29 is 23.5 Å². The molecule has 1 amide bonds. The number of anilines is 1. The van der Waals surface area contributed by atoms with E-state index >= 15 is 0 Å². The summed E-state index contributed by atoms with van der Waals surface area (Å²) in [4.78, 5) is 27.8. The summed E-state index contributed by atoms with van der Waals surface area (Å²) >= 11 is 0. The molecule has 0 unspecified atom stereocenters. The van der Waals surface area contributed by atoms with Crippen molar-refractivity contribution in [3.63, 3.8) is 0 Å². The average Bonchev–Trinajstić information content (AvgIpc) is 3.21. The Hall–Kier alpha value is -3.61. The maximum atomic E-state index is 12.1. The van der Waals surface area contributed by atoms with Gasteiger partial charge in [0.05, 0.1) is 26.0 Å². The van der Waals surface area contributed by atoms with E-state index in [-0.39, 0.29) is 12.3 Å². The first kappa shape index (κ1) is 19.2. The predicted molar refractivity (Wildman–Crippen MR) is 103 cm³/mol. The first-order valence-electron chi connectivity index (χ1n) is 8.66. The van der Waals surface area contributed by atoms with Gasteiger partial charge in [-0.2, -0.15) is 0 Å². The second-order valence-electron chi connectivity index (χ2n) is 5.96. The number of rotatable bonds is 7. The van der Waals surface area contributed by atoms with E-state index in [1.54, 1.807) is 37.6 Å². The molecule has 0 bridgehead atoms. The van der Waals surface area contributed by atoms with Crippen molar-refractivity contribution in [1.29, 1.82) is 0 Å². The molecule has 0 radical (unpaired) electrons. The van der Waals surface area contributed by atoms with E-state index < -0.39 is 5.97 Å². The summed E-state index contributed by atoms with van der Waals surface area (Å²) in [6, 6.07) is 13.9. The molecule has 28 heavy (non-hydrogen) atoms. The van der Waals surface area contributed by atoms with Crippen LogP contribution < -0.4 is 10.1 Å². The van der Waals surface area contributed by atoms with E-state index in [2.05, 4.69) is 15.0 Å². The van der Waals surface area contributed by atoms with Crippen molar-refractivity contribution in [2.75, 3.05) is 19.5 Å². The predicted octanol–water partition coefficient (Wildman–Crippen LogP) is 3.71. The molecule has 3 aromatic rings. The van der Waals surface area contributed by atoms with Crippen LogP contribution in [-0.2, 0) is 16.0 Å². The van der Waals surface area contributed by atoms with Crippen molar-refractivity contribution in [2.24, 2.45) is 0 Å². The van der Waals surface area contributed by atoms with Crippen LogP contribution in [0.4, 0.5) is 5.69 Å². The number of esters is 1. The summed E-state index contributed by atoms with van der Waals surface area (Å²) < 4.78 is 15.5. The summed E-state index contributed by atoms with van der Waals surface area (Å²) in [6.45, 7) is 0. The van der Waals surface area contributed by atoms with Crippen LogP contribution in [0.1, 0.15) is 22.7 Å². The first-order valence-corrected chi connectivity index (χ1v) is 8.66. The van der Waals surface area contributed by atoms with Gasteiger partial charge in [0.2, 0.25) is 5.91 Å². The molecular formula is C21H20N2O5. The molecular weight excluding hydrogens is 360 g/mol. The van der Waals surface area contributed by atoms with Crippen LogP contribution in [0.2, 0.25) is 0 Å². The molecule has 3 rings (SSSR count). The second kappa shape index (κ2) is 8.85. The summed E-state index contributed by atoms with van der Waals surface area (Å²) in [6.07, 6.45) is 2.24. The molecule has 2 aromatic carbocycles. The van der Waals surface area contributed by atoms with Gasteiger partial charge in [0, 0.05) is 24.1 Å². The third kappa shape index (κ3) is 4.76. The molecule has 7 nitrogen and oxygen atoms in total. The second-order valence-corrected chi connectivity index (χ2v) is 5.96. The van der Waals surface area contributed by atoms with Crippen molar-refractivity contribution in [3.05, 3.63) is 66.2 Å². The Balaban J connectivity index is 1.53. The zero-order valence-corrected chi connectivity index (χ0v) is 15.6. The van der Waals surface area contributed by atoms with Crippen molar-refractivity contribution in [3.8, 4) is 17.1 Å². The summed E-state index contributed by atoms with van der Waals surface area (Å²) in [5.41, 5.74) is 1.91. The number of methoxy groups -OCH3 is 2. The van der Waals surface area contributed by atoms with E-state index in [1.807, 2.05) is 24.3 Å². The third-order valence-electron chi connectivity index (χ3n) is 4.08. The Labute approximate surface area is 162 Å². The van der Waals surface area contributed by atoms with Crippen LogP contribution in [0.15, 0.2) is 59.1 Å². The minimum atomic E-state index is -0.422. The summed E-state index contributed by atoms with van der Waals surface area (Å²) in [7, 11) is 2.93. The van der Waals surface area contributed by atoms with Gasteiger partial charge in [0.1, 0.15) is 5.75 Å². The quantitative estimate of drug-likeness (QED) is 0.629. The number of nitrogens with zero attached hydrogens (tertiary/aromatic N) is 1. The van der Waals surface area contributed by atoms with Gasteiger partial charge in [-0.05, 0) is 48.5 Å².